The van der Waals surface area contributed by atoms with Crippen LogP contribution < -0.4 is 4.90 Å². The van der Waals surface area contributed by atoms with Crippen LogP contribution in [-0.2, 0) is 13.2 Å². The molecule has 0 aliphatic carbocycles. The van der Waals surface area contributed by atoms with Crippen LogP contribution in [0.2, 0.25) is 0 Å². The highest BCUT2D eigenvalue weighted by atomic mass is 32.1. The minimum absolute atomic E-state index is 0.163. The van der Waals surface area contributed by atoms with Gasteiger partial charge in [0.15, 0.2) is 4.77 Å². The lowest BCUT2D eigenvalue weighted by Gasteiger charge is -2.18. The Labute approximate surface area is 166 Å². The predicted octanol–water partition coefficient (Wildman–Crippen LogP) is 4.18. The van der Waals surface area contributed by atoms with Crippen LogP contribution in [0.25, 0.3) is 0 Å². The van der Waals surface area contributed by atoms with E-state index in [9.17, 15) is 0 Å². The Bertz CT molecular complexity index is 912. The van der Waals surface area contributed by atoms with Crippen molar-refractivity contribution in [2.75, 3.05) is 26.0 Å². The van der Waals surface area contributed by atoms with E-state index in [0.29, 0.717) is 6.67 Å². The molecular formula is C21H27N5S. The quantitative estimate of drug-likeness (QED) is 0.574. The summed E-state index contributed by atoms with van der Waals surface area (Å²) in [7, 11) is 6.19. The molecule has 0 aliphatic rings. The Morgan fingerprint density at radius 3 is 2.30 bits per heavy atom. The summed E-state index contributed by atoms with van der Waals surface area (Å²) >= 11 is 5.66. The molecule has 0 N–H and O–H groups in total. The molecule has 0 saturated carbocycles. The van der Waals surface area contributed by atoms with Crippen molar-refractivity contribution in [3.8, 4) is 0 Å². The molecule has 142 valence electrons. The van der Waals surface area contributed by atoms with Crippen molar-refractivity contribution in [2.45, 2.75) is 26.2 Å². The molecule has 3 aromatic rings. The normalized spacial score (nSPS) is 12.3. The second kappa shape index (κ2) is 8.50. The molecule has 0 saturated heterocycles. The highest BCUT2D eigenvalue weighted by Gasteiger charge is 2.12. The standard InChI is InChI=1S/C21H27N5S/c1-17(19-8-6-5-7-9-19)25-15-22-26(21(25)27)16-24(4)14-18-10-12-20(13-11-18)23(2)3/h5-13,15,17H,14,16H2,1-4H3/t17-/m0/s1. The molecule has 3 rings (SSSR count). The van der Waals surface area contributed by atoms with Crippen LogP contribution in [0.15, 0.2) is 60.9 Å². The van der Waals surface area contributed by atoms with Gasteiger partial charge >= 0.3 is 0 Å². The van der Waals surface area contributed by atoms with Gasteiger partial charge in [0, 0.05) is 26.3 Å². The maximum Gasteiger partial charge on any atom is 0.199 e. The van der Waals surface area contributed by atoms with Crippen LogP contribution in [0.5, 0.6) is 0 Å². The van der Waals surface area contributed by atoms with E-state index >= 15 is 0 Å². The summed E-state index contributed by atoms with van der Waals surface area (Å²) in [4.78, 5) is 4.32. The first-order valence-corrected chi connectivity index (χ1v) is 9.50. The Balaban J connectivity index is 1.67. The highest BCUT2D eigenvalue weighted by Crippen LogP contribution is 2.18. The summed E-state index contributed by atoms with van der Waals surface area (Å²) in [5.74, 6) is 0. The van der Waals surface area contributed by atoms with Crippen molar-refractivity contribution in [1.29, 1.82) is 0 Å². The molecule has 0 spiro atoms. The van der Waals surface area contributed by atoms with Crippen LogP contribution in [0, 0.1) is 4.77 Å². The topological polar surface area (TPSA) is 29.2 Å². The maximum absolute atomic E-state index is 5.66. The summed E-state index contributed by atoms with van der Waals surface area (Å²) in [6.45, 7) is 3.65. The average Bonchev–Trinajstić information content (AvgIpc) is 3.02. The van der Waals surface area contributed by atoms with E-state index in [1.165, 1.54) is 16.8 Å². The highest BCUT2D eigenvalue weighted by molar-refractivity contribution is 7.71. The number of nitrogens with zero attached hydrogens (tertiary/aromatic N) is 5. The molecule has 0 bridgehead atoms. The van der Waals surface area contributed by atoms with E-state index in [1.54, 1.807) is 0 Å². The van der Waals surface area contributed by atoms with Crippen molar-refractivity contribution < 1.29 is 0 Å². The van der Waals surface area contributed by atoms with Gasteiger partial charge in [-0.25, -0.2) is 4.68 Å². The van der Waals surface area contributed by atoms with E-state index in [2.05, 4.69) is 91.5 Å². The second-order valence-corrected chi connectivity index (χ2v) is 7.49. The first-order valence-electron chi connectivity index (χ1n) is 9.09. The molecule has 0 radical (unpaired) electrons. The van der Waals surface area contributed by atoms with Crippen molar-refractivity contribution >= 4 is 17.9 Å². The third-order valence-corrected chi connectivity index (χ3v) is 5.16. The molecule has 0 fully saturated rings. The predicted molar refractivity (Wildman–Crippen MR) is 114 cm³/mol. The smallest absolute Gasteiger partial charge is 0.199 e. The van der Waals surface area contributed by atoms with Gasteiger partial charge in [-0.2, -0.15) is 5.10 Å². The molecule has 2 aromatic carbocycles. The minimum atomic E-state index is 0.163. The maximum atomic E-state index is 5.66. The lowest BCUT2D eigenvalue weighted by Crippen LogP contribution is -2.23. The molecular weight excluding hydrogens is 354 g/mol. The summed E-state index contributed by atoms with van der Waals surface area (Å²) in [5.41, 5.74) is 3.70. The van der Waals surface area contributed by atoms with Crippen LogP contribution in [0.1, 0.15) is 24.1 Å². The molecule has 0 amide bonds. The van der Waals surface area contributed by atoms with E-state index in [4.69, 9.17) is 12.2 Å². The van der Waals surface area contributed by atoms with E-state index < -0.39 is 0 Å². The average molecular weight is 382 g/mol. The zero-order chi connectivity index (χ0) is 19.4. The Kier molecular flexibility index (Phi) is 6.08. The van der Waals surface area contributed by atoms with Gasteiger partial charge < -0.3 is 4.90 Å². The summed E-state index contributed by atoms with van der Waals surface area (Å²) in [6, 6.07) is 19.2. The third kappa shape index (κ3) is 4.64. The van der Waals surface area contributed by atoms with E-state index in [1.807, 2.05) is 21.6 Å². The first kappa shape index (κ1) is 19.3. The molecule has 0 unspecified atom stereocenters. The molecule has 27 heavy (non-hydrogen) atoms. The zero-order valence-electron chi connectivity index (χ0n) is 16.4. The Morgan fingerprint density at radius 2 is 1.67 bits per heavy atom. The third-order valence-electron chi connectivity index (χ3n) is 4.74. The molecule has 5 nitrogen and oxygen atoms in total. The lowest BCUT2D eigenvalue weighted by atomic mass is 10.1. The van der Waals surface area contributed by atoms with Crippen LogP contribution in [0.3, 0.4) is 0 Å². The van der Waals surface area contributed by atoms with Gasteiger partial charge in [0.2, 0.25) is 0 Å². The lowest BCUT2D eigenvalue weighted by molar-refractivity contribution is 0.243. The van der Waals surface area contributed by atoms with Gasteiger partial charge in [0.25, 0.3) is 0 Å². The molecule has 0 aliphatic heterocycles. The van der Waals surface area contributed by atoms with E-state index in [-0.39, 0.29) is 6.04 Å². The van der Waals surface area contributed by atoms with Gasteiger partial charge in [-0.1, -0.05) is 42.5 Å². The van der Waals surface area contributed by atoms with Crippen molar-refractivity contribution in [3.63, 3.8) is 0 Å². The monoisotopic (exact) mass is 381 g/mol. The molecule has 1 aromatic heterocycles. The zero-order valence-corrected chi connectivity index (χ0v) is 17.2. The van der Waals surface area contributed by atoms with E-state index in [0.717, 1.165) is 11.3 Å². The SMILES string of the molecule is C[C@@H](c1ccccc1)n1cnn(CN(C)Cc2ccc(N(C)C)cc2)c1=S. The van der Waals surface area contributed by atoms with Crippen molar-refractivity contribution in [1.82, 2.24) is 19.2 Å². The van der Waals surface area contributed by atoms with Gasteiger partial charge in [0.05, 0.1) is 12.7 Å². The summed E-state index contributed by atoms with van der Waals surface area (Å²) in [5, 5.41) is 4.51. The fraction of sp³-hybridized carbons (Fsp3) is 0.333. The van der Waals surface area contributed by atoms with Crippen LogP contribution >= 0.6 is 12.2 Å². The Hall–Kier alpha value is -2.44. The summed E-state index contributed by atoms with van der Waals surface area (Å²) < 4.78 is 4.66. The van der Waals surface area contributed by atoms with Gasteiger partial charge in [-0.3, -0.25) is 9.47 Å². The van der Waals surface area contributed by atoms with Crippen LogP contribution in [-0.4, -0.2) is 40.4 Å². The van der Waals surface area contributed by atoms with Gasteiger partial charge in [-0.15, -0.1) is 0 Å². The first-order chi connectivity index (χ1) is 13.0. The fourth-order valence-electron chi connectivity index (χ4n) is 3.09. The van der Waals surface area contributed by atoms with Gasteiger partial charge in [0.1, 0.15) is 6.33 Å². The number of hydrogen-bond acceptors (Lipinski definition) is 4. The van der Waals surface area contributed by atoms with Crippen molar-refractivity contribution in [2.24, 2.45) is 0 Å². The fourth-order valence-corrected chi connectivity index (χ4v) is 3.40. The largest absolute Gasteiger partial charge is 0.378 e. The Morgan fingerprint density at radius 1 is 1.00 bits per heavy atom. The van der Waals surface area contributed by atoms with Gasteiger partial charge in [-0.05, 0) is 49.4 Å². The summed E-state index contributed by atoms with van der Waals surface area (Å²) in [6.07, 6.45) is 1.83. The molecule has 1 heterocycles. The minimum Gasteiger partial charge on any atom is -0.378 e. The number of rotatable bonds is 7. The number of benzene rings is 2. The second-order valence-electron chi connectivity index (χ2n) is 7.12. The number of anilines is 1. The van der Waals surface area contributed by atoms with Crippen molar-refractivity contribution in [3.05, 3.63) is 76.8 Å². The van der Waals surface area contributed by atoms with Crippen LogP contribution in [0.4, 0.5) is 5.69 Å². The number of aromatic nitrogens is 3. The number of hydrogen-bond donors (Lipinski definition) is 0. The molecule has 6 heteroatoms. The molecule has 1 atom stereocenters.